The zero-order chi connectivity index (χ0) is 22.0. The van der Waals surface area contributed by atoms with Crippen LogP contribution in [0.1, 0.15) is 27.2 Å². The van der Waals surface area contributed by atoms with E-state index in [1.54, 1.807) is 6.26 Å². The molecule has 0 rings (SSSR count). The zero-order valence-electron chi connectivity index (χ0n) is 16.3. The van der Waals surface area contributed by atoms with E-state index in [1.165, 1.54) is 32.5 Å². The lowest BCUT2D eigenvalue weighted by Gasteiger charge is -2.25. The van der Waals surface area contributed by atoms with Crippen LogP contribution >= 0.6 is 11.8 Å². The zero-order valence-corrected chi connectivity index (χ0v) is 17.2. The molecule has 0 aromatic carbocycles. The van der Waals surface area contributed by atoms with Gasteiger partial charge in [0, 0.05) is 0 Å². The average molecular weight is 423 g/mol. The van der Waals surface area contributed by atoms with E-state index in [4.69, 9.17) is 10.8 Å². The molecule has 162 valence electrons. The van der Waals surface area contributed by atoms with Crippen molar-refractivity contribution in [1.29, 1.82) is 0 Å². The molecule has 3 amide bonds. The van der Waals surface area contributed by atoms with E-state index in [2.05, 4.69) is 16.0 Å². The lowest BCUT2D eigenvalue weighted by molar-refractivity contribution is -0.142. The van der Waals surface area contributed by atoms with Gasteiger partial charge >= 0.3 is 5.97 Å². The number of nitrogens with two attached hydrogens (primary N) is 1. The molecule has 6 atom stereocenters. The van der Waals surface area contributed by atoms with Crippen LogP contribution in [0.5, 0.6) is 0 Å². The Morgan fingerprint density at radius 1 is 0.929 bits per heavy atom. The molecule has 12 heteroatoms. The number of carbonyl (C=O) groups is 4. The van der Waals surface area contributed by atoms with Crippen molar-refractivity contribution in [2.75, 3.05) is 12.0 Å². The van der Waals surface area contributed by atoms with Gasteiger partial charge in [-0.1, -0.05) is 0 Å². The smallest absolute Gasteiger partial charge is 0.326 e. The predicted octanol–water partition coefficient (Wildman–Crippen LogP) is -2.61. The fourth-order valence-corrected chi connectivity index (χ4v) is 2.50. The van der Waals surface area contributed by atoms with Gasteiger partial charge in [0.2, 0.25) is 17.7 Å². The molecule has 0 aliphatic carbocycles. The van der Waals surface area contributed by atoms with Crippen molar-refractivity contribution >= 4 is 35.5 Å². The maximum absolute atomic E-state index is 12.3. The van der Waals surface area contributed by atoms with Crippen molar-refractivity contribution in [3.05, 3.63) is 0 Å². The first kappa shape index (κ1) is 26.1. The van der Waals surface area contributed by atoms with Gasteiger partial charge in [0.25, 0.3) is 0 Å². The van der Waals surface area contributed by atoms with Gasteiger partial charge in [0.05, 0.1) is 12.2 Å². The standard InChI is InChI=1S/C16H30N4O7S/c1-7(13(23)19-10(16(26)27)5-6-28-4)18-15(25)12(9(3)22)20-14(24)11(17)8(2)21/h7-12,21-22H,5-6,17H2,1-4H3,(H,18,25)(H,19,23)(H,20,24)(H,26,27). The minimum Gasteiger partial charge on any atom is -0.480 e. The predicted molar refractivity (Wildman–Crippen MR) is 103 cm³/mol. The number of hydrogen-bond donors (Lipinski definition) is 7. The quantitative estimate of drug-likeness (QED) is 0.176. The van der Waals surface area contributed by atoms with Gasteiger partial charge in [-0.15, -0.1) is 0 Å². The van der Waals surface area contributed by atoms with Crippen LogP contribution in [0, 0.1) is 0 Å². The van der Waals surface area contributed by atoms with Crippen LogP contribution in [-0.4, -0.2) is 87.4 Å². The van der Waals surface area contributed by atoms with Crippen LogP contribution in [0.25, 0.3) is 0 Å². The molecule has 0 heterocycles. The van der Waals surface area contributed by atoms with Crippen molar-refractivity contribution in [2.24, 2.45) is 5.73 Å². The number of hydrogen-bond acceptors (Lipinski definition) is 8. The van der Waals surface area contributed by atoms with Crippen molar-refractivity contribution in [2.45, 2.75) is 63.6 Å². The Bertz CT molecular complexity index is 559. The molecule has 0 spiro atoms. The molecule has 0 bridgehead atoms. The van der Waals surface area contributed by atoms with E-state index in [9.17, 15) is 29.4 Å². The summed E-state index contributed by atoms with van der Waals surface area (Å²) in [5.74, 6) is -3.10. The van der Waals surface area contributed by atoms with Crippen LogP contribution in [0.15, 0.2) is 0 Å². The molecule has 0 saturated heterocycles. The monoisotopic (exact) mass is 422 g/mol. The number of aliphatic hydroxyl groups excluding tert-OH is 2. The second-order valence-electron chi connectivity index (χ2n) is 6.40. The summed E-state index contributed by atoms with van der Waals surface area (Å²) in [6.45, 7) is 3.89. The Labute approximate surface area is 167 Å². The van der Waals surface area contributed by atoms with Gasteiger partial charge in [0.15, 0.2) is 0 Å². The van der Waals surface area contributed by atoms with E-state index < -0.39 is 60.1 Å². The third kappa shape index (κ3) is 8.87. The van der Waals surface area contributed by atoms with E-state index in [-0.39, 0.29) is 6.42 Å². The molecule has 0 aromatic rings. The minimum atomic E-state index is -1.42. The summed E-state index contributed by atoms with van der Waals surface area (Å²) in [6.07, 6.45) is -0.463. The molecule has 0 saturated carbocycles. The SMILES string of the molecule is CSCCC(NC(=O)C(C)NC(=O)C(NC(=O)C(N)C(C)O)C(C)O)C(=O)O. The Hall–Kier alpha value is -1.89. The topological polar surface area (TPSA) is 191 Å². The first-order valence-corrected chi connectivity index (χ1v) is 10.1. The van der Waals surface area contributed by atoms with Crippen molar-refractivity contribution in [3.63, 3.8) is 0 Å². The summed E-state index contributed by atoms with van der Waals surface area (Å²) in [5, 5.41) is 35.1. The fourth-order valence-electron chi connectivity index (χ4n) is 2.03. The molecule has 28 heavy (non-hydrogen) atoms. The van der Waals surface area contributed by atoms with Gasteiger partial charge in [-0.05, 0) is 39.2 Å². The third-order valence-corrected chi connectivity index (χ3v) is 4.51. The second kappa shape index (κ2) is 12.5. The van der Waals surface area contributed by atoms with Crippen molar-refractivity contribution in [1.82, 2.24) is 16.0 Å². The van der Waals surface area contributed by atoms with Gasteiger partial charge in [-0.3, -0.25) is 14.4 Å². The second-order valence-corrected chi connectivity index (χ2v) is 7.39. The van der Waals surface area contributed by atoms with Crippen molar-refractivity contribution < 1.29 is 34.5 Å². The lowest BCUT2D eigenvalue weighted by atomic mass is 10.1. The molecular weight excluding hydrogens is 392 g/mol. The highest BCUT2D eigenvalue weighted by Gasteiger charge is 2.31. The number of carboxylic acids is 1. The van der Waals surface area contributed by atoms with E-state index in [0.29, 0.717) is 5.75 Å². The molecular formula is C16H30N4O7S. The van der Waals surface area contributed by atoms with Crippen LogP contribution in [0.2, 0.25) is 0 Å². The molecule has 0 fully saturated rings. The maximum atomic E-state index is 12.3. The highest BCUT2D eigenvalue weighted by atomic mass is 32.2. The molecule has 6 unspecified atom stereocenters. The molecule has 0 aromatic heterocycles. The Morgan fingerprint density at radius 2 is 1.50 bits per heavy atom. The Morgan fingerprint density at radius 3 is 1.93 bits per heavy atom. The number of carboxylic acid groups (broad SMARTS) is 1. The molecule has 0 aliphatic heterocycles. The number of aliphatic carboxylic acids is 1. The maximum Gasteiger partial charge on any atom is 0.326 e. The summed E-state index contributed by atoms with van der Waals surface area (Å²) in [5.41, 5.74) is 5.48. The summed E-state index contributed by atoms with van der Waals surface area (Å²) in [6, 6.07) is -4.94. The first-order valence-electron chi connectivity index (χ1n) is 8.66. The summed E-state index contributed by atoms with van der Waals surface area (Å²) in [4.78, 5) is 47.6. The highest BCUT2D eigenvalue weighted by Crippen LogP contribution is 2.02. The molecule has 11 nitrogen and oxygen atoms in total. The summed E-state index contributed by atoms with van der Waals surface area (Å²) >= 11 is 1.43. The van der Waals surface area contributed by atoms with Gasteiger partial charge in [-0.25, -0.2) is 4.79 Å². The fraction of sp³-hybridized carbons (Fsp3) is 0.750. The number of nitrogens with one attached hydrogen (secondary N) is 3. The van der Waals surface area contributed by atoms with Crippen LogP contribution in [-0.2, 0) is 19.2 Å². The first-order chi connectivity index (χ1) is 12.9. The third-order valence-electron chi connectivity index (χ3n) is 3.86. The minimum absolute atomic E-state index is 0.215. The largest absolute Gasteiger partial charge is 0.480 e. The van der Waals surface area contributed by atoms with Gasteiger partial charge in [-0.2, -0.15) is 11.8 Å². The van der Waals surface area contributed by atoms with E-state index in [1.807, 2.05) is 0 Å². The number of aliphatic hydroxyl groups is 2. The number of rotatable bonds is 12. The van der Waals surface area contributed by atoms with Gasteiger partial charge < -0.3 is 37.0 Å². The molecule has 0 aliphatic rings. The Balaban J connectivity index is 4.94. The summed E-state index contributed by atoms with van der Waals surface area (Å²) < 4.78 is 0. The molecule has 0 radical (unpaired) electrons. The number of carbonyl (C=O) groups excluding carboxylic acids is 3. The van der Waals surface area contributed by atoms with Gasteiger partial charge in [0.1, 0.15) is 24.2 Å². The van der Waals surface area contributed by atoms with Crippen molar-refractivity contribution in [3.8, 4) is 0 Å². The van der Waals surface area contributed by atoms with Crippen LogP contribution in [0.3, 0.4) is 0 Å². The summed E-state index contributed by atoms with van der Waals surface area (Å²) in [7, 11) is 0. The molecule has 8 N–H and O–H groups in total. The van der Waals surface area contributed by atoms with E-state index in [0.717, 1.165) is 0 Å². The normalized spacial score (nSPS) is 17.4. The number of thioether (sulfide) groups is 1. The Kier molecular flexibility index (Phi) is 11.7. The highest BCUT2D eigenvalue weighted by molar-refractivity contribution is 7.98. The number of amides is 3. The average Bonchev–Trinajstić information content (AvgIpc) is 2.60. The van der Waals surface area contributed by atoms with Crippen LogP contribution in [0.4, 0.5) is 0 Å². The lowest BCUT2D eigenvalue weighted by Crippen LogP contribution is -2.60. The van der Waals surface area contributed by atoms with Crippen LogP contribution < -0.4 is 21.7 Å². The van der Waals surface area contributed by atoms with E-state index >= 15 is 0 Å².